The predicted molar refractivity (Wildman–Crippen MR) is 70.9 cm³/mol. The molecule has 0 fully saturated rings. The van der Waals surface area contributed by atoms with Crippen LogP contribution >= 0.6 is 0 Å². The first-order valence-electron chi connectivity index (χ1n) is 6.04. The normalized spacial score (nSPS) is 10.4. The number of halogens is 1. The Morgan fingerprint density at radius 3 is 2.78 bits per heavy atom. The molecule has 4 heteroatoms. The second kappa shape index (κ2) is 5.58. The average Bonchev–Trinajstić information content (AvgIpc) is 2.39. The van der Waals surface area contributed by atoms with Gasteiger partial charge in [0.05, 0.1) is 5.69 Å². The Morgan fingerprint density at radius 2 is 2.06 bits per heavy atom. The third-order valence-electron chi connectivity index (χ3n) is 2.63. The van der Waals surface area contributed by atoms with Gasteiger partial charge in [0.15, 0.2) is 0 Å². The fourth-order valence-corrected chi connectivity index (χ4v) is 1.69. The molecular weight excluding hydrogens is 229 g/mol. The highest BCUT2D eigenvalue weighted by atomic mass is 19.1. The Bertz CT molecular complexity index is 540. The molecule has 1 aromatic carbocycles. The van der Waals surface area contributed by atoms with Crippen LogP contribution in [-0.2, 0) is 0 Å². The molecule has 0 saturated heterocycles. The van der Waals surface area contributed by atoms with Gasteiger partial charge in [-0.1, -0.05) is 19.1 Å². The van der Waals surface area contributed by atoms with E-state index in [1.807, 2.05) is 6.92 Å². The second-order valence-corrected chi connectivity index (χ2v) is 4.13. The van der Waals surface area contributed by atoms with E-state index in [0.717, 1.165) is 18.5 Å². The molecule has 1 N–H and O–H groups in total. The van der Waals surface area contributed by atoms with Gasteiger partial charge in [0.2, 0.25) is 5.95 Å². The van der Waals surface area contributed by atoms with Gasteiger partial charge in [-0.25, -0.2) is 14.4 Å². The summed E-state index contributed by atoms with van der Waals surface area (Å²) in [4.78, 5) is 8.57. The molecule has 3 nitrogen and oxygen atoms in total. The molecule has 1 aromatic heterocycles. The van der Waals surface area contributed by atoms with E-state index < -0.39 is 0 Å². The maximum atomic E-state index is 13.8. The van der Waals surface area contributed by atoms with Gasteiger partial charge in [-0.15, -0.1) is 0 Å². The highest BCUT2D eigenvalue weighted by molar-refractivity contribution is 5.64. The van der Waals surface area contributed by atoms with Gasteiger partial charge in [-0.3, -0.25) is 0 Å². The summed E-state index contributed by atoms with van der Waals surface area (Å²) in [6.45, 7) is 4.75. The second-order valence-electron chi connectivity index (χ2n) is 4.13. The monoisotopic (exact) mass is 245 g/mol. The molecule has 0 saturated carbocycles. The number of nitrogens with one attached hydrogen (secondary N) is 1. The zero-order valence-electron chi connectivity index (χ0n) is 10.6. The maximum absolute atomic E-state index is 13.8. The molecular formula is C14H16FN3. The van der Waals surface area contributed by atoms with Crippen LogP contribution in [-0.4, -0.2) is 16.5 Å². The number of hydrogen-bond acceptors (Lipinski definition) is 3. The smallest absolute Gasteiger partial charge is 0.223 e. The van der Waals surface area contributed by atoms with Crippen molar-refractivity contribution in [1.82, 2.24) is 9.97 Å². The number of anilines is 1. The van der Waals surface area contributed by atoms with Crippen molar-refractivity contribution < 1.29 is 4.39 Å². The molecule has 0 unspecified atom stereocenters. The summed E-state index contributed by atoms with van der Waals surface area (Å²) in [6, 6.07) is 6.65. The van der Waals surface area contributed by atoms with Crippen LogP contribution < -0.4 is 5.32 Å². The molecule has 2 aromatic rings. The van der Waals surface area contributed by atoms with Crippen LogP contribution in [0.1, 0.15) is 18.9 Å². The fraction of sp³-hybridized carbons (Fsp3) is 0.286. The number of hydrogen-bond donors (Lipinski definition) is 1. The SMILES string of the molecule is CCCNc1ncc(C)c(-c2ccccc2F)n1. The summed E-state index contributed by atoms with van der Waals surface area (Å²) in [6.07, 6.45) is 2.71. The van der Waals surface area contributed by atoms with Gasteiger partial charge in [-0.2, -0.15) is 0 Å². The molecule has 0 bridgehead atoms. The van der Waals surface area contributed by atoms with Crippen molar-refractivity contribution in [2.24, 2.45) is 0 Å². The average molecular weight is 245 g/mol. The first kappa shape index (κ1) is 12.5. The number of aromatic nitrogens is 2. The van der Waals surface area contributed by atoms with Gasteiger partial charge < -0.3 is 5.32 Å². The molecule has 0 radical (unpaired) electrons. The summed E-state index contributed by atoms with van der Waals surface area (Å²) in [5.41, 5.74) is 2.01. The summed E-state index contributed by atoms with van der Waals surface area (Å²) in [7, 11) is 0. The molecule has 0 spiro atoms. The summed E-state index contributed by atoms with van der Waals surface area (Å²) >= 11 is 0. The van der Waals surface area contributed by atoms with Crippen LogP contribution in [0, 0.1) is 12.7 Å². The van der Waals surface area contributed by atoms with E-state index in [4.69, 9.17) is 0 Å². The highest BCUT2D eigenvalue weighted by Crippen LogP contribution is 2.24. The molecule has 18 heavy (non-hydrogen) atoms. The van der Waals surface area contributed by atoms with Gasteiger partial charge in [-0.05, 0) is 31.0 Å². The quantitative estimate of drug-likeness (QED) is 0.897. The molecule has 0 atom stereocenters. The highest BCUT2D eigenvalue weighted by Gasteiger charge is 2.10. The molecule has 0 amide bonds. The molecule has 2 rings (SSSR count). The van der Waals surface area contributed by atoms with E-state index in [-0.39, 0.29) is 5.82 Å². The topological polar surface area (TPSA) is 37.8 Å². The zero-order chi connectivity index (χ0) is 13.0. The maximum Gasteiger partial charge on any atom is 0.223 e. The Morgan fingerprint density at radius 1 is 1.28 bits per heavy atom. The van der Waals surface area contributed by atoms with Crippen LogP contribution in [0.5, 0.6) is 0 Å². The first-order chi connectivity index (χ1) is 8.72. The lowest BCUT2D eigenvalue weighted by molar-refractivity contribution is 0.630. The van der Waals surface area contributed by atoms with Crippen molar-refractivity contribution in [1.29, 1.82) is 0 Å². The lowest BCUT2D eigenvalue weighted by atomic mass is 10.1. The standard InChI is InChI=1S/C14H16FN3/c1-3-8-16-14-17-9-10(2)13(18-14)11-6-4-5-7-12(11)15/h4-7,9H,3,8H2,1-2H3,(H,16,17,18). The van der Waals surface area contributed by atoms with Crippen molar-refractivity contribution in [2.75, 3.05) is 11.9 Å². The van der Waals surface area contributed by atoms with Crippen LogP contribution in [0.2, 0.25) is 0 Å². The number of aryl methyl sites for hydroxylation is 1. The molecule has 0 aliphatic heterocycles. The van der Waals surface area contributed by atoms with E-state index >= 15 is 0 Å². The Hall–Kier alpha value is -1.97. The van der Waals surface area contributed by atoms with E-state index in [2.05, 4.69) is 22.2 Å². The zero-order valence-corrected chi connectivity index (χ0v) is 10.6. The Balaban J connectivity index is 2.40. The minimum absolute atomic E-state index is 0.263. The number of benzene rings is 1. The minimum atomic E-state index is -0.263. The Labute approximate surface area is 106 Å². The van der Waals surface area contributed by atoms with Crippen molar-refractivity contribution >= 4 is 5.95 Å². The summed E-state index contributed by atoms with van der Waals surface area (Å²) in [5.74, 6) is 0.279. The van der Waals surface area contributed by atoms with E-state index in [0.29, 0.717) is 17.2 Å². The first-order valence-corrected chi connectivity index (χ1v) is 6.04. The van der Waals surface area contributed by atoms with Gasteiger partial charge in [0.1, 0.15) is 5.82 Å². The summed E-state index contributed by atoms with van der Waals surface area (Å²) in [5, 5.41) is 3.11. The van der Waals surface area contributed by atoms with Crippen LogP contribution in [0.4, 0.5) is 10.3 Å². The third kappa shape index (κ3) is 2.64. The number of nitrogens with zero attached hydrogens (tertiary/aromatic N) is 2. The van der Waals surface area contributed by atoms with Gasteiger partial charge >= 0.3 is 0 Å². The molecule has 94 valence electrons. The van der Waals surface area contributed by atoms with Gasteiger partial charge in [0.25, 0.3) is 0 Å². The Kier molecular flexibility index (Phi) is 3.87. The van der Waals surface area contributed by atoms with E-state index in [9.17, 15) is 4.39 Å². The largest absolute Gasteiger partial charge is 0.354 e. The van der Waals surface area contributed by atoms with Crippen molar-refractivity contribution in [3.05, 3.63) is 41.8 Å². The van der Waals surface area contributed by atoms with Crippen molar-refractivity contribution in [3.63, 3.8) is 0 Å². The van der Waals surface area contributed by atoms with Crippen molar-refractivity contribution in [2.45, 2.75) is 20.3 Å². The molecule has 0 aliphatic carbocycles. The van der Waals surface area contributed by atoms with E-state index in [1.165, 1.54) is 6.07 Å². The summed E-state index contributed by atoms with van der Waals surface area (Å²) < 4.78 is 13.8. The van der Waals surface area contributed by atoms with Crippen LogP contribution in [0.25, 0.3) is 11.3 Å². The van der Waals surface area contributed by atoms with E-state index in [1.54, 1.807) is 24.4 Å². The lowest BCUT2D eigenvalue weighted by Crippen LogP contribution is -2.05. The van der Waals surface area contributed by atoms with Crippen LogP contribution in [0.15, 0.2) is 30.5 Å². The van der Waals surface area contributed by atoms with Crippen molar-refractivity contribution in [3.8, 4) is 11.3 Å². The number of rotatable bonds is 4. The molecule has 0 aliphatic rings. The third-order valence-corrected chi connectivity index (χ3v) is 2.63. The predicted octanol–water partition coefficient (Wildman–Crippen LogP) is 3.41. The molecule has 1 heterocycles. The fourth-order valence-electron chi connectivity index (χ4n) is 1.69. The minimum Gasteiger partial charge on any atom is -0.354 e. The lowest BCUT2D eigenvalue weighted by Gasteiger charge is -2.09. The van der Waals surface area contributed by atoms with Gasteiger partial charge in [0, 0.05) is 18.3 Å². The van der Waals surface area contributed by atoms with Crippen LogP contribution in [0.3, 0.4) is 0 Å².